The van der Waals surface area contributed by atoms with Crippen LogP contribution in [0.2, 0.25) is 0 Å². The molecule has 0 unspecified atom stereocenters. The Hall–Kier alpha value is -3.59. The number of benzene rings is 3. The van der Waals surface area contributed by atoms with Crippen LogP contribution in [0.3, 0.4) is 0 Å². The minimum atomic E-state index is -4.50. The van der Waals surface area contributed by atoms with Crippen LogP contribution in [0.1, 0.15) is 5.56 Å². The molecule has 0 bridgehead atoms. The molecule has 1 aromatic heterocycles. The van der Waals surface area contributed by atoms with Gasteiger partial charge in [0.2, 0.25) is 5.91 Å². The number of rotatable bonds is 5. The third-order valence-electron chi connectivity index (χ3n) is 4.57. The third-order valence-corrected chi connectivity index (χ3v) is 5.50. The Bertz CT molecular complexity index is 1340. The maximum atomic E-state index is 13.1. The van der Waals surface area contributed by atoms with Crippen molar-refractivity contribution in [1.29, 1.82) is 0 Å². The Balaban J connectivity index is 1.61. The number of halogens is 3. The molecule has 5 nitrogen and oxygen atoms in total. The van der Waals surface area contributed by atoms with Gasteiger partial charge in [-0.3, -0.25) is 14.2 Å². The van der Waals surface area contributed by atoms with Crippen molar-refractivity contribution in [2.75, 3.05) is 11.1 Å². The molecule has 32 heavy (non-hydrogen) atoms. The van der Waals surface area contributed by atoms with Crippen LogP contribution in [0.15, 0.2) is 88.8 Å². The van der Waals surface area contributed by atoms with Crippen molar-refractivity contribution in [2.24, 2.45) is 0 Å². The zero-order valence-corrected chi connectivity index (χ0v) is 17.3. The van der Waals surface area contributed by atoms with Crippen LogP contribution >= 0.6 is 11.8 Å². The summed E-state index contributed by atoms with van der Waals surface area (Å²) in [5.74, 6) is -0.662. The number of alkyl halides is 3. The first kappa shape index (κ1) is 21.6. The highest BCUT2D eigenvalue weighted by molar-refractivity contribution is 7.99. The van der Waals surface area contributed by atoms with Gasteiger partial charge in [-0.25, -0.2) is 4.98 Å². The molecule has 0 fully saturated rings. The maximum Gasteiger partial charge on any atom is 0.416 e. The molecule has 1 heterocycles. The van der Waals surface area contributed by atoms with E-state index < -0.39 is 17.6 Å². The van der Waals surface area contributed by atoms with E-state index in [0.717, 1.165) is 23.9 Å². The minimum Gasteiger partial charge on any atom is -0.325 e. The zero-order chi connectivity index (χ0) is 22.7. The molecule has 4 rings (SSSR count). The monoisotopic (exact) mass is 455 g/mol. The van der Waals surface area contributed by atoms with E-state index in [1.807, 2.05) is 6.07 Å². The number of nitrogens with zero attached hydrogens (tertiary/aromatic N) is 2. The van der Waals surface area contributed by atoms with Crippen LogP contribution in [0.5, 0.6) is 0 Å². The molecule has 9 heteroatoms. The van der Waals surface area contributed by atoms with Crippen molar-refractivity contribution >= 4 is 34.3 Å². The molecule has 162 valence electrons. The van der Waals surface area contributed by atoms with Gasteiger partial charge in [-0.1, -0.05) is 48.2 Å². The molecule has 1 amide bonds. The maximum absolute atomic E-state index is 13.1. The van der Waals surface area contributed by atoms with Gasteiger partial charge in [-0.05, 0) is 42.5 Å². The Morgan fingerprint density at radius 3 is 2.44 bits per heavy atom. The summed E-state index contributed by atoms with van der Waals surface area (Å²) in [6, 6.07) is 20.2. The number of hydrogen-bond donors (Lipinski definition) is 1. The summed E-state index contributed by atoms with van der Waals surface area (Å²) in [5, 5.41) is 3.20. The van der Waals surface area contributed by atoms with Crippen molar-refractivity contribution in [3.8, 4) is 5.69 Å². The molecule has 0 saturated carbocycles. The van der Waals surface area contributed by atoms with Gasteiger partial charge in [-0.15, -0.1) is 0 Å². The first-order chi connectivity index (χ1) is 15.3. The van der Waals surface area contributed by atoms with Crippen molar-refractivity contribution in [1.82, 2.24) is 9.55 Å². The van der Waals surface area contributed by atoms with Gasteiger partial charge >= 0.3 is 6.18 Å². The van der Waals surface area contributed by atoms with Gasteiger partial charge in [0.25, 0.3) is 5.56 Å². The minimum absolute atomic E-state index is 0.0392. The predicted molar refractivity (Wildman–Crippen MR) is 118 cm³/mol. The Morgan fingerprint density at radius 1 is 0.969 bits per heavy atom. The Kier molecular flexibility index (Phi) is 6.00. The summed E-state index contributed by atoms with van der Waals surface area (Å²) < 4.78 is 40.1. The van der Waals surface area contributed by atoms with E-state index in [-0.39, 0.29) is 17.0 Å². The van der Waals surface area contributed by atoms with Crippen LogP contribution < -0.4 is 10.9 Å². The Labute approximate surface area is 184 Å². The smallest absolute Gasteiger partial charge is 0.325 e. The normalized spacial score (nSPS) is 11.5. The fraction of sp³-hybridized carbons (Fsp3) is 0.0870. The quantitative estimate of drug-likeness (QED) is 0.335. The summed E-state index contributed by atoms with van der Waals surface area (Å²) >= 11 is 1.03. The van der Waals surface area contributed by atoms with Gasteiger partial charge in [0.15, 0.2) is 5.16 Å². The lowest BCUT2D eigenvalue weighted by atomic mass is 10.2. The van der Waals surface area contributed by atoms with Gasteiger partial charge in [-0.2, -0.15) is 13.2 Å². The molecule has 0 aliphatic carbocycles. The molecular formula is C23H16F3N3O2S. The van der Waals surface area contributed by atoms with E-state index in [1.54, 1.807) is 48.5 Å². The highest BCUT2D eigenvalue weighted by Crippen LogP contribution is 2.30. The SMILES string of the molecule is O=C(CSc1nc2ccccc2c(=O)n1-c1ccccc1)Nc1cccc(C(F)(F)F)c1. The molecule has 0 spiro atoms. The average Bonchev–Trinajstić information content (AvgIpc) is 2.78. The topological polar surface area (TPSA) is 64.0 Å². The molecule has 4 aromatic rings. The number of thioether (sulfide) groups is 1. The number of hydrogen-bond acceptors (Lipinski definition) is 4. The van der Waals surface area contributed by atoms with Crippen molar-refractivity contribution in [3.05, 3.63) is 94.8 Å². The van der Waals surface area contributed by atoms with Gasteiger partial charge < -0.3 is 5.32 Å². The number of fused-ring (bicyclic) bond motifs is 1. The van der Waals surface area contributed by atoms with Gasteiger partial charge in [0.05, 0.1) is 27.9 Å². The predicted octanol–water partition coefficient (Wildman–Crippen LogP) is 5.14. The fourth-order valence-electron chi connectivity index (χ4n) is 3.11. The van der Waals surface area contributed by atoms with E-state index >= 15 is 0 Å². The van der Waals surface area contributed by atoms with E-state index in [1.165, 1.54) is 16.7 Å². The first-order valence-electron chi connectivity index (χ1n) is 9.50. The average molecular weight is 455 g/mol. The largest absolute Gasteiger partial charge is 0.416 e. The number of carbonyl (C=O) groups excluding carboxylic acids is 1. The number of aromatic nitrogens is 2. The highest BCUT2D eigenvalue weighted by atomic mass is 32.2. The molecule has 3 aromatic carbocycles. The van der Waals surface area contributed by atoms with E-state index in [9.17, 15) is 22.8 Å². The summed E-state index contributed by atoms with van der Waals surface area (Å²) in [6.45, 7) is 0. The van der Waals surface area contributed by atoms with E-state index in [0.29, 0.717) is 21.7 Å². The highest BCUT2D eigenvalue weighted by Gasteiger charge is 2.30. The van der Waals surface area contributed by atoms with Crippen molar-refractivity contribution < 1.29 is 18.0 Å². The lowest BCUT2D eigenvalue weighted by Gasteiger charge is -2.13. The van der Waals surface area contributed by atoms with Crippen LogP contribution in [0, 0.1) is 0 Å². The molecule has 0 atom stereocenters. The Morgan fingerprint density at radius 2 is 1.69 bits per heavy atom. The molecule has 0 aliphatic rings. The second-order valence-corrected chi connectivity index (χ2v) is 7.75. The summed E-state index contributed by atoms with van der Waals surface area (Å²) in [6.07, 6.45) is -4.50. The molecule has 0 radical (unpaired) electrons. The standard InChI is InChI=1S/C23H16F3N3O2S/c24-23(25,26)15-7-6-8-16(13-15)27-20(30)14-32-22-28-19-12-5-4-11-18(19)21(31)29(22)17-9-2-1-3-10-17/h1-13H,14H2,(H,27,30). The van der Waals surface area contributed by atoms with Crippen molar-refractivity contribution in [2.45, 2.75) is 11.3 Å². The number of anilines is 1. The number of amides is 1. The van der Waals surface area contributed by atoms with E-state index in [4.69, 9.17) is 0 Å². The molecular weight excluding hydrogens is 439 g/mol. The van der Waals surface area contributed by atoms with Gasteiger partial charge in [0, 0.05) is 5.69 Å². The molecule has 1 N–H and O–H groups in total. The summed E-state index contributed by atoms with van der Waals surface area (Å²) in [5.41, 5.74) is -0.000922. The summed E-state index contributed by atoms with van der Waals surface area (Å²) in [4.78, 5) is 30.1. The third kappa shape index (κ3) is 4.67. The molecule has 0 saturated heterocycles. The van der Waals surface area contributed by atoms with Crippen molar-refractivity contribution in [3.63, 3.8) is 0 Å². The number of nitrogens with one attached hydrogen (secondary N) is 1. The van der Waals surface area contributed by atoms with Crippen LogP contribution in [-0.2, 0) is 11.0 Å². The van der Waals surface area contributed by atoms with Gasteiger partial charge in [0.1, 0.15) is 0 Å². The lowest BCUT2D eigenvalue weighted by Crippen LogP contribution is -2.23. The second-order valence-electron chi connectivity index (χ2n) is 6.80. The lowest BCUT2D eigenvalue weighted by molar-refractivity contribution is -0.137. The number of carbonyl (C=O) groups is 1. The number of para-hydroxylation sites is 2. The van der Waals surface area contributed by atoms with Crippen LogP contribution in [0.25, 0.3) is 16.6 Å². The molecule has 0 aliphatic heterocycles. The van der Waals surface area contributed by atoms with Crippen LogP contribution in [-0.4, -0.2) is 21.2 Å². The van der Waals surface area contributed by atoms with E-state index in [2.05, 4.69) is 10.3 Å². The fourth-order valence-corrected chi connectivity index (χ4v) is 3.93. The second kappa shape index (κ2) is 8.88. The first-order valence-corrected chi connectivity index (χ1v) is 10.5. The zero-order valence-electron chi connectivity index (χ0n) is 16.5. The van der Waals surface area contributed by atoms with Crippen LogP contribution in [0.4, 0.5) is 18.9 Å². The summed E-state index contributed by atoms with van der Waals surface area (Å²) in [7, 11) is 0.